The first-order valence-electron chi connectivity index (χ1n) is 6.01. The Morgan fingerprint density at radius 2 is 2.17 bits per heavy atom. The van der Waals surface area contributed by atoms with Crippen molar-refractivity contribution in [2.45, 2.75) is 30.9 Å². The van der Waals surface area contributed by atoms with E-state index in [-0.39, 0.29) is 11.3 Å². The smallest absolute Gasteiger partial charge is 0.322 e. The van der Waals surface area contributed by atoms with Gasteiger partial charge in [-0.3, -0.25) is 0 Å². The Morgan fingerprint density at radius 3 is 2.78 bits per heavy atom. The van der Waals surface area contributed by atoms with Crippen molar-refractivity contribution in [3.63, 3.8) is 0 Å². The number of rotatable bonds is 7. The zero-order valence-electron chi connectivity index (χ0n) is 10.6. The maximum atomic E-state index is 5.84. The molecule has 0 saturated heterocycles. The minimum atomic E-state index is 0.160. The molecule has 1 heterocycles. The molecule has 1 fully saturated rings. The van der Waals surface area contributed by atoms with E-state index in [0.717, 1.165) is 13.0 Å². The molecule has 0 atom stereocenters. The Bertz CT molecular complexity index is 414. The van der Waals surface area contributed by atoms with Crippen LogP contribution in [-0.4, -0.2) is 39.1 Å². The van der Waals surface area contributed by atoms with E-state index >= 15 is 0 Å². The van der Waals surface area contributed by atoms with Crippen molar-refractivity contribution >= 4 is 29.3 Å². The van der Waals surface area contributed by atoms with E-state index in [0.29, 0.717) is 17.3 Å². The first kappa shape index (κ1) is 13.7. The molecule has 1 N–H and O–H groups in total. The van der Waals surface area contributed by atoms with Crippen molar-refractivity contribution in [1.82, 2.24) is 15.0 Å². The van der Waals surface area contributed by atoms with Crippen LogP contribution in [0, 0.1) is 0 Å². The molecule has 1 aliphatic carbocycles. The lowest BCUT2D eigenvalue weighted by Crippen LogP contribution is -2.19. The van der Waals surface area contributed by atoms with Crippen LogP contribution in [0.5, 0.6) is 6.01 Å². The summed E-state index contributed by atoms with van der Waals surface area (Å²) in [6.07, 6.45) is 5.50. The number of thioether (sulfide) groups is 1. The fourth-order valence-electron chi connectivity index (χ4n) is 1.50. The first-order chi connectivity index (χ1) is 8.67. The summed E-state index contributed by atoms with van der Waals surface area (Å²) in [6.45, 7) is 3.45. The highest BCUT2D eigenvalue weighted by atomic mass is 35.5. The quantitative estimate of drug-likeness (QED) is 0.832. The Labute approximate surface area is 116 Å². The molecule has 100 valence electrons. The third kappa shape index (κ3) is 3.62. The largest absolute Gasteiger partial charge is 0.463 e. The monoisotopic (exact) mass is 288 g/mol. The lowest BCUT2D eigenvalue weighted by molar-refractivity contribution is 0.291. The average Bonchev–Trinajstić information content (AvgIpc) is 3.14. The van der Waals surface area contributed by atoms with Crippen LogP contribution in [0.4, 0.5) is 5.95 Å². The Morgan fingerprint density at radius 1 is 1.39 bits per heavy atom. The molecule has 0 aliphatic heterocycles. The molecule has 2 rings (SSSR count). The van der Waals surface area contributed by atoms with Crippen molar-refractivity contribution in [1.29, 1.82) is 0 Å². The molecule has 0 bridgehead atoms. The summed E-state index contributed by atoms with van der Waals surface area (Å²) < 4.78 is 5.71. The van der Waals surface area contributed by atoms with Crippen molar-refractivity contribution < 1.29 is 4.74 Å². The standard InChI is InChI=1S/C11H17ClN4OS/c1-3-6-17-10-15-8(12)14-9(16-10)13-7-11(18-2)4-5-11/h3-7H2,1-2H3,(H,13,14,15,16). The number of hydrogen-bond acceptors (Lipinski definition) is 6. The van der Waals surface area contributed by atoms with Crippen LogP contribution in [0.25, 0.3) is 0 Å². The number of halogens is 1. The van der Waals surface area contributed by atoms with Crippen LogP contribution in [0.1, 0.15) is 26.2 Å². The molecule has 1 aromatic rings. The predicted molar refractivity (Wildman–Crippen MR) is 74.6 cm³/mol. The van der Waals surface area contributed by atoms with Crippen LogP contribution in [0.3, 0.4) is 0 Å². The van der Waals surface area contributed by atoms with Gasteiger partial charge in [0.1, 0.15) is 0 Å². The Hall–Kier alpha value is -0.750. The summed E-state index contributed by atoms with van der Waals surface area (Å²) in [5.41, 5.74) is 0. The molecule has 1 saturated carbocycles. The lowest BCUT2D eigenvalue weighted by Gasteiger charge is -2.13. The molecule has 0 spiro atoms. The van der Waals surface area contributed by atoms with Gasteiger partial charge in [-0.05, 0) is 37.1 Å². The van der Waals surface area contributed by atoms with Crippen LogP contribution < -0.4 is 10.1 Å². The fraction of sp³-hybridized carbons (Fsp3) is 0.727. The third-order valence-corrected chi connectivity index (χ3v) is 4.42. The average molecular weight is 289 g/mol. The molecule has 0 radical (unpaired) electrons. The fourth-order valence-corrected chi connectivity index (χ4v) is 2.38. The molecule has 7 heteroatoms. The van der Waals surface area contributed by atoms with Crippen molar-refractivity contribution in [2.75, 3.05) is 24.7 Å². The molecular formula is C11H17ClN4OS. The van der Waals surface area contributed by atoms with E-state index < -0.39 is 0 Å². The summed E-state index contributed by atoms with van der Waals surface area (Å²) in [6, 6.07) is 0.286. The van der Waals surface area contributed by atoms with Gasteiger partial charge in [0.15, 0.2) is 0 Å². The third-order valence-electron chi connectivity index (χ3n) is 2.83. The molecule has 5 nitrogen and oxygen atoms in total. The normalized spacial score (nSPS) is 16.4. The highest BCUT2D eigenvalue weighted by Crippen LogP contribution is 2.46. The lowest BCUT2D eigenvalue weighted by atomic mass is 10.4. The maximum absolute atomic E-state index is 5.84. The van der Waals surface area contributed by atoms with Crippen LogP contribution in [-0.2, 0) is 0 Å². The van der Waals surface area contributed by atoms with E-state index in [9.17, 15) is 0 Å². The maximum Gasteiger partial charge on any atom is 0.322 e. The number of ether oxygens (including phenoxy) is 1. The SMILES string of the molecule is CCCOc1nc(Cl)nc(NCC2(SC)CC2)n1. The van der Waals surface area contributed by atoms with Crippen LogP contribution in [0.2, 0.25) is 5.28 Å². The molecule has 1 aromatic heterocycles. The topological polar surface area (TPSA) is 59.9 Å². The van der Waals surface area contributed by atoms with Gasteiger partial charge >= 0.3 is 6.01 Å². The van der Waals surface area contributed by atoms with Crippen molar-refractivity contribution in [3.05, 3.63) is 5.28 Å². The highest BCUT2D eigenvalue weighted by molar-refractivity contribution is 8.00. The number of nitrogens with zero attached hydrogens (tertiary/aromatic N) is 3. The van der Waals surface area contributed by atoms with Gasteiger partial charge in [0, 0.05) is 11.3 Å². The number of aromatic nitrogens is 3. The number of anilines is 1. The highest BCUT2D eigenvalue weighted by Gasteiger charge is 2.41. The summed E-state index contributed by atoms with van der Waals surface area (Å²) in [5, 5.41) is 3.37. The second-order valence-electron chi connectivity index (χ2n) is 4.30. The van der Waals surface area contributed by atoms with Gasteiger partial charge in [0.2, 0.25) is 11.2 Å². The van der Waals surface area contributed by atoms with Gasteiger partial charge in [0.25, 0.3) is 0 Å². The minimum absolute atomic E-state index is 0.160. The zero-order valence-corrected chi connectivity index (χ0v) is 12.1. The molecule has 0 unspecified atom stereocenters. The van der Waals surface area contributed by atoms with E-state index in [1.807, 2.05) is 18.7 Å². The minimum Gasteiger partial charge on any atom is -0.463 e. The summed E-state index contributed by atoms with van der Waals surface area (Å²) >= 11 is 7.72. The second kappa shape index (κ2) is 5.93. The first-order valence-corrected chi connectivity index (χ1v) is 7.61. The van der Waals surface area contributed by atoms with E-state index in [1.54, 1.807) is 0 Å². The molecule has 18 heavy (non-hydrogen) atoms. The van der Waals surface area contributed by atoms with Gasteiger partial charge in [-0.1, -0.05) is 6.92 Å². The van der Waals surface area contributed by atoms with Crippen LogP contribution >= 0.6 is 23.4 Å². The van der Waals surface area contributed by atoms with Gasteiger partial charge in [0.05, 0.1) is 6.61 Å². The molecule has 1 aliphatic rings. The van der Waals surface area contributed by atoms with E-state index in [4.69, 9.17) is 16.3 Å². The molecular weight excluding hydrogens is 272 g/mol. The van der Waals surface area contributed by atoms with Crippen molar-refractivity contribution in [2.24, 2.45) is 0 Å². The van der Waals surface area contributed by atoms with Crippen LogP contribution in [0.15, 0.2) is 0 Å². The van der Waals surface area contributed by atoms with Crippen molar-refractivity contribution in [3.8, 4) is 6.01 Å². The Balaban J connectivity index is 1.96. The number of hydrogen-bond donors (Lipinski definition) is 1. The molecule has 0 amide bonds. The zero-order chi connectivity index (χ0) is 13.0. The van der Waals surface area contributed by atoms with Gasteiger partial charge in [-0.25, -0.2) is 0 Å². The molecule has 0 aromatic carbocycles. The summed E-state index contributed by atoms with van der Waals surface area (Å²) in [5.74, 6) is 0.487. The van der Waals surface area contributed by atoms with E-state index in [1.165, 1.54) is 12.8 Å². The summed E-state index contributed by atoms with van der Waals surface area (Å²) in [7, 11) is 0. The van der Waals surface area contributed by atoms with Gasteiger partial charge in [-0.2, -0.15) is 26.7 Å². The number of nitrogens with one attached hydrogen (secondary N) is 1. The predicted octanol–water partition coefficient (Wildman–Crippen LogP) is 2.62. The second-order valence-corrected chi connectivity index (χ2v) is 5.91. The van der Waals surface area contributed by atoms with Gasteiger partial charge in [-0.15, -0.1) is 0 Å². The summed E-state index contributed by atoms with van der Waals surface area (Å²) in [4.78, 5) is 12.2. The van der Waals surface area contributed by atoms with Gasteiger partial charge < -0.3 is 10.1 Å². The Kier molecular flexibility index (Phi) is 4.50. The van der Waals surface area contributed by atoms with E-state index in [2.05, 4.69) is 26.5 Å².